The van der Waals surface area contributed by atoms with Gasteiger partial charge in [0, 0.05) is 30.8 Å². The van der Waals surface area contributed by atoms with Crippen LogP contribution < -0.4 is 10.0 Å². The molecule has 0 aliphatic carbocycles. The lowest BCUT2D eigenvalue weighted by atomic mass is 10.2. The van der Waals surface area contributed by atoms with Crippen LogP contribution in [0, 0.1) is 15.9 Å². The van der Waals surface area contributed by atoms with Crippen LogP contribution in [0.1, 0.15) is 10.4 Å². The maximum atomic E-state index is 12.8. The fourth-order valence-corrected chi connectivity index (χ4v) is 2.93. The topological polar surface area (TPSA) is 118 Å². The summed E-state index contributed by atoms with van der Waals surface area (Å²) < 4.78 is 39.1. The first-order valence-corrected chi connectivity index (χ1v) is 8.56. The zero-order valence-electron chi connectivity index (χ0n) is 12.8. The number of halogens is 1. The van der Waals surface area contributed by atoms with Crippen LogP contribution in [0.2, 0.25) is 0 Å². The van der Waals surface area contributed by atoms with Gasteiger partial charge in [0.2, 0.25) is 10.0 Å². The summed E-state index contributed by atoms with van der Waals surface area (Å²) in [4.78, 5) is 21.6. The molecule has 0 atom stereocenters. The smallest absolute Gasteiger partial charge is 0.269 e. The highest BCUT2D eigenvalue weighted by atomic mass is 32.2. The van der Waals surface area contributed by atoms with E-state index in [0.717, 1.165) is 36.4 Å². The fourth-order valence-electron chi connectivity index (χ4n) is 1.90. The molecule has 0 aliphatic heterocycles. The molecule has 0 unspecified atom stereocenters. The third kappa shape index (κ3) is 5.06. The van der Waals surface area contributed by atoms with Crippen molar-refractivity contribution < 1.29 is 22.5 Å². The van der Waals surface area contributed by atoms with Crippen LogP contribution in [-0.2, 0) is 10.0 Å². The Morgan fingerprint density at radius 1 is 1.04 bits per heavy atom. The fraction of sp³-hybridized carbons (Fsp3) is 0.133. The van der Waals surface area contributed by atoms with Crippen molar-refractivity contribution in [2.75, 3.05) is 13.1 Å². The molecule has 2 N–H and O–H groups in total. The van der Waals surface area contributed by atoms with Crippen molar-refractivity contribution in [3.63, 3.8) is 0 Å². The van der Waals surface area contributed by atoms with Crippen LogP contribution in [0.15, 0.2) is 53.4 Å². The van der Waals surface area contributed by atoms with Gasteiger partial charge in [-0.15, -0.1) is 0 Å². The molecule has 132 valence electrons. The standard InChI is InChI=1S/C15H14FN3O5S/c16-12-3-1-11(2-4-12)15(20)17-9-10-18-25(23,24)14-7-5-13(6-8-14)19(21)22/h1-8,18H,9-10H2,(H,17,20). The first-order valence-electron chi connectivity index (χ1n) is 7.07. The van der Waals surface area contributed by atoms with Crippen LogP contribution in [0.4, 0.5) is 10.1 Å². The predicted octanol–water partition coefficient (Wildman–Crippen LogP) is 1.44. The van der Waals surface area contributed by atoms with Gasteiger partial charge in [-0.05, 0) is 36.4 Å². The molecule has 8 nitrogen and oxygen atoms in total. The van der Waals surface area contributed by atoms with Gasteiger partial charge in [-0.2, -0.15) is 0 Å². The number of carbonyl (C=O) groups excluding carboxylic acids is 1. The predicted molar refractivity (Wildman–Crippen MR) is 87.0 cm³/mol. The summed E-state index contributed by atoms with van der Waals surface area (Å²) in [5.74, 6) is -0.929. The number of nitro benzene ring substituents is 1. The number of hydrogen-bond donors (Lipinski definition) is 2. The lowest BCUT2D eigenvalue weighted by Crippen LogP contribution is -2.34. The van der Waals surface area contributed by atoms with Gasteiger partial charge in [-0.1, -0.05) is 0 Å². The van der Waals surface area contributed by atoms with Gasteiger partial charge in [-0.25, -0.2) is 17.5 Å². The van der Waals surface area contributed by atoms with Crippen molar-refractivity contribution in [2.24, 2.45) is 0 Å². The third-order valence-corrected chi connectivity index (χ3v) is 4.64. The Kier molecular flexibility index (Phi) is 5.78. The van der Waals surface area contributed by atoms with Gasteiger partial charge in [0.25, 0.3) is 11.6 Å². The zero-order chi connectivity index (χ0) is 18.4. The monoisotopic (exact) mass is 367 g/mol. The minimum Gasteiger partial charge on any atom is -0.351 e. The maximum absolute atomic E-state index is 12.8. The van der Waals surface area contributed by atoms with Gasteiger partial charge in [0.05, 0.1) is 9.82 Å². The molecule has 2 aromatic rings. The second kappa shape index (κ2) is 7.81. The number of benzene rings is 2. The Balaban J connectivity index is 1.86. The van der Waals surface area contributed by atoms with Gasteiger partial charge >= 0.3 is 0 Å². The lowest BCUT2D eigenvalue weighted by molar-refractivity contribution is -0.384. The lowest BCUT2D eigenvalue weighted by Gasteiger charge is -2.08. The van der Waals surface area contributed by atoms with Gasteiger partial charge in [0.1, 0.15) is 5.82 Å². The summed E-state index contributed by atoms with van der Waals surface area (Å²) in [6, 6.07) is 9.33. The van der Waals surface area contributed by atoms with E-state index in [9.17, 15) is 27.7 Å². The molecule has 1 amide bonds. The Labute approximate surface area is 142 Å². The average molecular weight is 367 g/mol. The SMILES string of the molecule is O=C(NCCNS(=O)(=O)c1ccc([N+](=O)[O-])cc1)c1ccc(F)cc1. The number of nitro groups is 1. The molecule has 25 heavy (non-hydrogen) atoms. The van der Waals surface area contributed by atoms with E-state index in [2.05, 4.69) is 10.0 Å². The summed E-state index contributed by atoms with van der Waals surface area (Å²) in [6.45, 7) is -0.0608. The van der Waals surface area contributed by atoms with E-state index >= 15 is 0 Å². The second-order valence-corrected chi connectivity index (χ2v) is 6.68. The Morgan fingerprint density at radius 2 is 1.64 bits per heavy atom. The number of carbonyl (C=O) groups is 1. The Hall–Kier alpha value is -2.85. The highest BCUT2D eigenvalue weighted by Crippen LogP contribution is 2.15. The maximum Gasteiger partial charge on any atom is 0.269 e. The molecule has 0 radical (unpaired) electrons. The number of non-ortho nitro benzene ring substituents is 1. The van der Waals surface area contributed by atoms with E-state index in [-0.39, 0.29) is 29.2 Å². The summed E-state index contributed by atoms with van der Waals surface area (Å²) in [7, 11) is -3.84. The van der Waals surface area contributed by atoms with E-state index in [0.29, 0.717) is 0 Å². The van der Waals surface area contributed by atoms with Crippen molar-refractivity contribution in [1.29, 1.82) is 0 Å². The third-order valence-electron chi connectivity index (χ3n) is 3.17. The number of nitrogens with zero attached hydrogens (tertiary/aromatic N) is 1. The minimum atomic E-state index is -3.84. The Bertz CT molecular complexity index is 867. The highest BCUT2D eigenvalue weighted by Gasteiger charge is 2.15. The first-order chi connectivity index (χ1) is 11.8. The Morgan fingerprint density at radius 3 is 2.20 bits per heavy atom. The first kappa shape index (κ1) is 18.5. The van der Waals surface area contributed by atoms with Crippen molar-refractivity contribution >= 4 is 21.6 Å². The highest BCUT2D eigenvalue weighted by molar-refractivity contribution is 7.89. The molecular formula is C15H14FN3O5S. The number of nitrogens with one attached hydrogen (secondary N) is 2. The molecule has 0 heterocycles. The van der Waals surface area contributed by atoms with Gasteiger partial charge < -0.3 is 5.32 Å². The van der Waals surface area contributed by atoms with Gasteiger partial charge in [0.15, 0.2) is 0 Å². The zero-order valence-corrected chi connectivity index (χ0v) is 13.6. The molecule has 10 heteroatoms. The van der Waals surface area contributed by atoms with E-state index in [1.54, 1.807) is 0 Å². The van der Waals surface area contributed by atoms with E-state index in [1.807, 2.05) is 0 Å². The van der Waals surface area contributed by atoms with E-state index in [1.165, 1.54) is 12.1 Å². The molecule has 2 aromatic carbocycles. The van der Waals surface area contributed by atoms with Crippen molar-refractivity contribution in [1.82, 2.24) is 10.0 Å². The number of hydrogen-bond acceptors (Lipinski definition) is 5. The summed E-state index contributed by atoms with van der Waals surface area (Å²) in [5, 5.41) is 13.0. The van der Waals surface area contributed by atoms with Crippen LogP contribution in [0.3, 0.4) is 0 Å². The molecule has 0 saturated carbocycles. The normalized spacial score (nSPS) is 11.1. The van der Waals surface area contributed by atoms with Gasteiger partial charge in [-0.3, -0.25) is 14.9 Å². The number of rotatable bonds is 7. The molecule has 0 fully saturated rings. The van der Waals surface area contributed by atoms with Crippen molar-refractivity contribution in [3.05, 3.63) is 70.0 Å². The number of amides is 1. The van der Waals surface area contributed by atoms with E-state index < -0.39 is 26.7 Å². The minimum absolute atomic E-state index is 0.0163. The van der Waals surface area contributed by atoms with Crippen LogP contribution in [0.5, 0.6) is 0 Å². The molecule has 0 spiro atoms. The van der Waals surface area contributed by atoms with Crippen LogP contribution in [0.25, 0.3) is 0 Å². The molecule has 0 bridgehead atoms. The summed E-state index contributed by atoms with van der Waals surface area (Å²) in [6.07, 6.45) is 0. The largest absolute Gasteiger partial charge is 0.351 e. The average Bonchev–Trinajstić information content (AvgIpc) is 2.59. The van der Waals surface area contributed by atoms with Crippen molar-refractivity contribution in [2.45, 2.75) is 4.90 Å². The summed E-state index contributed by atoms with van der Waals surface area (Å²) >= 11 is 0. The quantitative estimate of drug-likeness (QED) is 0.436. The molecule has 0 aromatic heterocycles. The molecule has 0 aliphatic rings. The molecule has 2 rings (SSSR count). The number of sulfonamides is 1. The molecular weight excluding hydrogens is 353 g/mol. The molecule has 0 saturated heterocycles. The van der Waals surface area contributed by atoms with Crippen LogP contribution >= 0.6 is 0 Å². The summed E-state index contributed by atoms with van der Waals surface area (Å²) in [5.41, 5.74) is 0.0325. The van der Waals surface area contributed by atoms with Crippen molar-refractivity contribution in [3.8, 4) is 0 Å². The second-order valence-electron chi connectivity index (χ2n) is 4.91. The van der Waals surface area contributed by atoms with Crippen LogP contribution in [-0.4, -0.2) is 32.3 Å². The van der Waals surface area contributed by atoms with E-state index in [4.69, 9.17) is 0 Å².